The summed E-state index contributed by atoms with van der Waals surface area (Å²) in [5.74, 6) is 0.281. The summed E-state index contributed by atoms with van der Waals surface area (Å²) >= 11 is 5.69. The third-order valence-corrected chi connectivity index (χ3v) is 6.89. The van der Waals surface area contributed by atoms with Crippen molar-refractivity contribution in [1.29, 1.82) is 0 Å². The Balaban J connectivity index is 0.000000259. The Morgan fingerprint density at radius 1 is 0.733 bits per heavy atom. The number of ether oxygens (including phenoxy) is 2. The maximum atomic E-state index is 11.9. The molecule has 0 atom stereocenters. The fourth-order valence-corrected chi connectivity index (χ4v) is 4.34. The number of esters is 2. The number of nitrogen functional groups attached to an aromatic ring is 1. The molecule has 0 aromatic carbocycles. The van der Waals surface area contributed by atoms with E-state index >= 15 is 0 Å². The first-order valence-corrected chi connectivity index (χ1v) is 14.8. The average Bonchev–Trinajstić information content (AvgIpc) is 2.99. The molecule has 0 spiro atoms. The molecule has 10 nitrogen and oxygen atoms in total. The second-order valence-corrected chi connectivity index (χ2v) is 11.2. The topological polar surface area (TPSA) is 142 Å². The van der Waals surface area contributed by atoms with Crippen LogP contribution in [0.3, 0.4) is 0 Å². The summed E-state index contributed by atoms with van der Waals surface area (Å²) in [4.78, 5) is 39.9. The Morgan fingerprint density at radius 3 is 1.73 bits per heavy atom. The third kappa shape index (κ3) is 10.2. The van der Waals surface area contributed by atoms with Gasteiger partial charge in [-0.2, -0.15) is 0 Å². The minimum absolute atomic E-state index is 0.182. The molecule has 0 saturated carbocycles. The third-order valence-electron chi connectivity index (χ3n) is 6.60. The standard InChI is InChI=1S/C17H21N3O2.C9H14N2.C8H8ClNO2/c1-10(2)14-15(11(3)8-9-18-14)20-16-13(17(21)22-5)7-6-12(4)19-16;1-6(2)9-8(10)7(3)4-5-11-9;1-5-3-4-6(7(9)10-5)8(11)12-2/h6-10H,1-5H3,(H,19,20);4-6H,10H2,1-3H3;3-4H,1-2H3. The van der Waals surface area contributed by atoms with Crippen LogP contribution in [0, 0.1) is 27.7 Å². The van der Waals surface area contributed by atoms with Gasteiger partial charge in [-0.05, 0) is 87.1 Å². The summed E-state index contributed by atoms with van der Waals surface area (Å²) in [6, 6.07) is 10.7. The van der Waals surface area contributed by atoms with Crippen LogP contribution in [0.4, 0.5) is 17.2 Å². The fourth-order valence-electron chi connectivity index (χ4n) is 4.06. The highest BCUT2D eigenvalue weighted by Gasteiger charge is 2.17. The number of halogens is 1. The summed E-state index contributed by atoms with van der Waals surface area (Å²) in [7, 11) is 2.67. The Bertz CT molecular complexity index is 1620. The zero-order chi connectivity index (χ0) is 33.8. The van der Waals surface area contributed by atoms with Gasteiger partial charge in [0.05, 0.1) is 42.5 Å². The van der Waals surface area contributed by atoms with Gasteiger partial charge in [-0.1, -0.05) is 39.3 Å². The van der Waals surface area contributed by atoms with Crippen molar-refractivity contribution in [3.8, 4) is 0 Å². The number of hydrogen-bond donors (Lipinski definition) is 2. The molecule has 0 aliphatic heterocycles. The van der Waals surface area contributed by atoms with Crippen molar-refractivity contribution in [2.75, 3.05) is 25.3 Å². The molecule has 4 aromatic rings. The fraction of sp³-hybridized carbons (Fsp3) is 0.353. The summed E-state index contributed by atoms with van der Waals surface area (Å²) in [6.45, 7) is 16.0. The minimum Gasteiger partial charge on any atom is -0.465 e. The van der Waals surface area contributed by atoms with Crippen molar-refractivity contribution in [2.24, 2.45) is 0 Å². The van der Waals surface area contributed by atoms with Crippen molar-refractivity contribution in [2.45, 2.75) is 67.2 Å². The Kier molecular flexibility index (Phi) is 13.9. The Labute approximate surface area is 270 Å². The quantitative estimate of drug-likeness (QED) is 0.160. The van der Waals surface area contributed by atoms with Crippen LogP contribution < -0.4 is 11.1 Å². The van der Waals surface area contributed by atoms with Crippen molar-refractivity contribution in [3.05, 3.63) is 99.0 Å². The zero-order valence-corrected chi connectivity index (χ0v) is 28.4. The van der Waals surface area contributed by atoms with E-state index < -0.39 is 11.9 Å². The number of rotatable bonds is 6. The number of methoxy groups -OCH3 is 2. The molecular weight excluding hydrogens is 592 g/mol. The van der Waals surface area contributed by atoms with Crippen LogP contribution in [0.15, 0.2) is 48.8 Å². The van der Waals surface area contributed by atoms with Crippen molar-refractivity contribution >= 4 is 40.7 Å². The van der Waals surface area contributed by atoms with E-state index in [2.05, 4.69) is 57.7 Å². The van der Waals surface area contributed by atoms with Gasteiger partial charge in [0.25, 0.3) is 0 Å². The second kappa shape index (κ2) is 17.1. The lowest BCUT2D eigenvalue weighted by Crippen LogP contribution is -2.10. The molecular formula is C34H43ClN6O4. The number of nitrogens with one attached hydrogen (secondary N) is 1. The highest BCUT2D eigenvalue weighted by Crippen LogP contribution is 2.29. The number of nitrogens with two attached hydrogens (primary N) is 1. The van der Waals surface area contributed by atoms with Crippen LogP contribution in [-0.4, -0.2) is 46.1 Å². The van der Waals surface area contributed by atoms with E-state index in [-0.39, 0.29) is 11.1 Å². The average molecular weight is 635 g/mol. The van der Waals surface area contributed by atoms with Gasteiger partial charge in [0.2, 0.25) is 0 Å². The molecule has 4 rings (SSSR count). The summed E-state index contributed by atoms with van der Waals surface area (Å²) in [6.07, 6.45) is 3.60. The minimum atomic E-state index is -0.465. The van der Waals surface area contributed by atoms with Crippen LogP contribution in [0.5, 0.6) is 0 Å². The van der Waals surface area contributed by atoms with E-state index in [1.807, 2.05) is 32.9 Å². The largest absolute Gasteiger partial charge is 0.465 e. The number of pyridine rings is 4. The Hall–Kier alpha value is -4.57. The molecule has 3 N–H and O–H groups in total. The number of carbonyl (C=O) groups is 2. The highest BCUT2D eigenvalue weighted by atomic mass is 35.5. The van der Waals surface area contributed by atoms with Gasteiger partial charge < -0.3 is 20.5 Å². The van der Waals surface area contributed by atoms with E-state index in [1.54, 1.807) is 43.6 Å². The monoisotopic (exact) mass is 634 g/mol. The molecule has 45 heavy (non-hydrogen) atoms. The van der Waals surface area contributed by atoms with Crippen LogP contribution in [0.2, 0.25) is 5.15 Å². The van der Waals surface area contributed by atoms with Crippen LogP contribution in [-0.2, 0) is 9.47 Å². The molecule has 0 aliphatic rings. The van der Waals surface area contributed by atoms with Crippen LogP contribution >= 0.6 is 11.6 Å². The van der Waals surface area contributed by atoms with Crippen molar-refractivity contribution < 1.29 is 19.1 Å². The maximum absolute atomic E-state index is 11.9. The Morgan fingerprint density at radius 2 is 1.22 bits per heavy atom. The predicted molar refractivity (Wildman–Crippen MR) is 179 cm³/mol. The predicted octanol–water partition coefficient (Wildman–Crippen LogP) is 7.67. The van der Waals surface area contributed by atoms with Gasteiger partial charge in [0, 0.05) is 23.8 Å². The second-order valence-electron chi connectivity index (χ2n) is 10.9. The lowest BCUT2D eigenvalue weighted by atomic mass is 10.0. The lowest BCUT2D eigenvalue weighted by molar-refractivity contribution is 0.0592. The summed E-state index contributed by atoms with van der Waals surface area (Å²) in [5.41, 5.74) is 14.0. The van der Waals surface area contributed by atoms with E-state index in [1.165, 1.54) is 14.2 Å². The number of aromatic nitrogens is 4. The maximum Gasteiger partial charge on any atom is 0.341 e. The van der Waals surface area contributed by atoms with Crippen LogP contribution in [0.1, 0.15) is 94.1 Å². The first-order valence-electron chi connectivity index (χ1n) is 14.4. The van der Waals surface area contributed by atoms with Gasteiger partial charge in [0.15, 0.2) is 0 Å². The first-order chi connectivity index (χ1) is 21.2. The van der Waals surface area contributed by atoms with Gasteiger partial charge in [-0.15, -0.1) is 0 Å². The summed E-state index contributed by atoms with van der Waals surface area (Å²) in [5, 5.41) is 3.45. The van der Waals surface area contributed by atoms with Gasteiger partial charge in [0.1, 0.15) is 16.5 Å². The number of anilines is 3. The van der Waals surface area contributed by atoms with E-state index in [0.29, 0.717) is 22.9 Å². The lowest BCUT2D eigenvalue weighted by Gasteiger charge is -2.17. The first kappa shape index (κ1) is 36.6. The number of carbonyl (C=O) groups excluding carboxylic acids is 2. The van der Waals surface area contributed by atoms with Crippen LogP contribution in [0.25, 0.3) is 0 Å². The molecule has 11 heteroatoms. The van der Waals surface area contributed by atoms with E-state index in [0.717, 1.165) is 45.3 Å². The van der Waals surface area contributed by atoms with E-state index in [9.17, 15) is 9.59 Å². The number of aryl methyl sites for hydroxylation is 4. The molecule has 4 aromatic heterocycles. The zero-order valence-electron chi connectivity index (χ0n) is 27.7. The molecule has 0 bridgehead atoms. The molecule has 0 fully saturated rings. The van der Waals surface area contributed by atoms with Crippen molar-refractivity contribution in [1.82, 2.24) is 19.9 Å². The smallest absolute Gasteiger partial charge is 0.341 e. The summed E-state index contributed by atoms with van der Waals surface area (Å²) < 4.78 is 9.32. The van der Waals surface area contributed by atoms with Gasteiger partial charge in [-0.3, -0.25) is 9.97 Å². The number of hydrogen-bond acceptors (Lipinski definition) is 10. The van der Waals surface area contributed by atoms with Gasteiger partial charge in [-0.25, -0.2) is 19.6 Å². The van der Waals surface area contributed by atoms with Crippen molar-refractivity contribution in [3.63, 3.8) is 0 Å². The molecule has 0 saturated heterocycles. The molecule has 0 radical (unpaired) electrons. The molecule has 4 heterocycles. The number of nitrogens with zero attached hydrogens (tertiary/aromatic N) is 4. The normalized spacial score (nSPS) is 10.3. The molecule has 0 aliphatic carbocycles. The highest BCUT2D eigenvalue weighted by molar-refractivity contribution is 6.32. The van der Waals surface area contributed by atoms with Gasteiger partial charge >= 0.3 is 11.9 Å². The molecule has 0 unspecified atom stereocenters. The van der Waals surface area contributed by atoms with E-state index in [4.69, 9.17) is 22.1 Å². The molecule has 0 amide bonds. The SMILES string of the molecule is COC(=O)c1ccc(C)nc1Cl.COC(=O)c1ccc(C)nc1Nc1c(C)ccnc1C(C)C.Cc1ccnc(C(C)C)c1N. The molecule has 240 valence electrons.